The Hall–Kier alpha value is -2.49. The third-order valence-corrected chi connectivity index (χ3v) is 3.15. The predicted octanol–water partition coefficient (Wildman–Crippen LogP) is 1.76. The average molecular weight is 271 g/mol. The van der Waals surface area contributed by atoms with Crippen LogP contribution < -0.4 is 5.32 Å². The highest BCUT2D eigenvalue weighted by molar-refractivity contribution is 5.57. The van der Waals surface area contributed by atoms with Gasteiger partial charge in [0.1, 0.15) is 23.8 Å². The van der Waals surface area contributed by atoms with Crippen molar-refractivity contribution in [1.82, 2.24) is 25.4 Å². The lowest BCUT2D eigenvalue weighted by Gasteiger charge is -2.15. The van der Waals surface area contributed by atoms with Gasteiger partial charge in [0, 0.05) is 0 Å². The fourth-order valence-corrected chi connectivity index (χ4v) is 2.09. The van der Waals surface area contributed by atoms with Crippen LogP contribution in [0.3, 0.4) is 0 Å². The summed E-state index contributed by atoms with van der Waals surface area (Å²) in [6, 6.07) is 2.10. The van der Waals surface area contributed by atoms with Crippen LogP contribution in [-0.2, 0) is 12.8 Å². The molecule has 1 atom stereocenters. The minimum atomic E-state index is -0.129. The van der Waals surface area contributed by atoms with Crippen molar-refractivity contribution in [2.24, 2.45) is 0 Å². The van der Waals surface area contributed by atoms with E-state index in [0.29, 0.717) is 17.2 Å². The van der Waals surface area contributed by atoms with Gasteiger partial charge >= 0.3 is 0 Å². The third kappa shape index (κ3) is 2.59. The molecule has 0 aromatic carbocycles. The quantitative estimate of drug-likeness (QED) is 0.858. The number of nitrogens with one attached hydrogen (secondary N) is 2. The van der Waals surface area contributed by atoms with E-state index in [1.54, 1.807) is 0 Å². The largest absolute Gasteiger partial charge is 0.358 e. The molecular weight excluding hydrogens is 254 g/mol. The minimum absolute atomic E-state index is 0.129. The van der Waals surface area contributed by atoms with E-state index in [1.165, 1.54) is 6.33 Å². The van der Waals surface area contributed by atoms with Gasteiger partial charge in [0.15, 0.2) is 5.82 Å². The molecule has 0 fully saturated rings. The molecule has 2 rings (SSSR count). The van der Waals surface area contributed by atoms with E-state index >= 15 is 0 Å². The van der Waals surface area contributed by atoms with E-state index < -0.39 is 0 Å². The summed E-state index contributed by atoms with van der Waals surface area (Å²) in [5.41, 5.74) is 2.39. The molecule has 0 spiro atoms. The van der Waals surface area contributed by atoms with Crippen LogP contribution >= 0.6 is 0 Å². The van der Waals surface area contributed by atoms with Gasteiger partial charge < -0.3 is 5.32 Å². The Balaban J connectivity index is 2.35. The van der Waals surface area contributed by atoms with Crippen molar-refractivity contribution in [2.45, 2.75) is 39.7 Å². The topological polar surface area (TPSA) is 103 Å². The number of rotatable bonds is 5. The number of aromatic amines is 1. The maximum Gasteiger partial charge on any atom is 0.167 e. The van der Waals surface area contributed by atoms with Gasteiger partial charge in [-0.2, -0.15) is 15.5 Å². The zero-order chi connectivity index (χ0) is 14.5. The lowest BCUT2D eigenvalue weighted by molar-refractivity contribution is 0.776. The van der Waals surface area contributed by atoms with E-state index in [9.17, 15) is 5.26 Å². The van der Waals surface area contributed by atoms with Crippen LogP contribution in [0.5, 0.6) is 0 Å². The van der Waals surface area contributed by atoms with Crippen molar-refractivity contribution in [3.63, 3.8) is 0 Å². The van der Waals surface area contributed by atoms with Crippen LogP contribution in [-0.4, -0.2) is 25.4 Å². The summed E-state index contributed by atoms with van der Waals surface area (Å²) in [7, 11) is 0. The smallest absolute Gasteiger partial charge is 0.167 e. The van der Waals surface area contributed by atoms with Crippen molar-refractivity contribution < 1.29 is 0 Å². The molecule has 104 valence electrons. The molecule has 2 aromatic heterocycles. The third-order valence-electron chi connectivity index (χ3n) is 3.15. The molecule has 0 saturated carbocycles. The summed E-state index contributed by atoms with van der Waals surface area (Å²) in [5.74, 6) is 1.18. The Bertz CT molecular complexity index is 612. The summed E-state index contributed by atoms with van der Waals surface area (Å²) in [5, 5.41) is 27.5. The zero-order valence-electron chi connectivity index (χ0n) is 11.8. The molecule has 0 aliphatic rings. The average Bonchev–Trinajstić information content (AvgIpc) is 3.00. The van der Waals surface area contributed by atoms with Crippen LogP contribution in [0.4, 0.5) is 5.82 Å². The highest BCUT2D eigenvalue weighted by Crippen LogP contribution is 2.22. The number of hydrogen-bond donors (Lipinski definition) is 2. The van der Waals surface area contributed by atoms with Gasteiger partial charge in [-0.3, -0.25) is 5.10 Å². The minimum Gasteiger partial charge on any atom is -0.358 e. The van der Waals surface area contributed by atoms with Gasteiger partial charge in [-0.1, -0.05) is 13.8 Å². The van der Waals surface area contributed by atoms with E-state index in [0.717, 1.165) is 24.1 Å². The Morgan fingerprint density at radius 2 is 2.15 bits per heavy atom. The highest BCUT2D eigenvalue weighted by Gasteiger charge is 2.17. The number of nitrogens with zero attached hydrogens (tertiary/aromatic N) is 5. The predicted molar refractivity (Wildman–Crippen MR) is 73.9 cm³/mol. The molecule has 0 aliphatic heterocycles. The fourth-order valence-electron chi connectivity index (χ4n) is 2.09. The fraction of sp³-hybridized carbons (Fsp3) is 0.462. The lowest BCUT2D eigenvalue weighted by atomic mass is 10.0. The van der Waals surface area contributed by atoms with Gasteiger partial charge in [0.25, 0.3) is 0 Å². The molecule has 7 heteroatoms. The molecule has 20 heavy (non-hydrogen) atoms. The first-order chi connectivity index (χ1) is 9.71. The number of H-pyrrole nitrogens is 1. The zero-order valence-corrected chi connectivity index (χ0v) is 11.8. The van der Waals surface area contributed by atoms with Crippen LogP contribution in [0.25, 0.3) is 0 Å². The Morgan fingerprint density at radius 3 is 2.70 bits per heavy atom. The molecule has 0 amide bonds. The Labute approximate surface area is 117 Å². The monoisotopic (exact) mass is 271 g/mol. The van der Waals surface area contributed by atoms with E-state index in [4.69, 9.17) is 0 Å². The molecular formula is C13H17N7. The summed E-state index contributed by atoms with van der Waals surface area (Å²) in [4.78, 5) is 4.08. The second kappa shape index (κ2) is 6.10. The second-order valence-corrected chi connectivity index (χ2v) is 4.40. The van der Waals surface area contributed by atoms with E-state index in [1.807, 2.05) is 20.8 Å². The van der Waals surface area contributed by atoms with Gasteiger partial charge in [0.05, 0.1) is 11.7 Å². The van der Waals surface area contributed by atoms with Crippen LogP contribution in [0.15, 0.2) is 6.33 Å². The number of hydrogen-bond acceptors (Lipinski definition) is 6. The number of nitriles is 1. The second-order valence-electron chi connectivity index (χ2n) is 4.40. The number of aromatic nitrogens is 5. The maximum atomic E-state index is 9.40. The molecule has 2 aromatic rings. The van der Waals surface area contributed by atoms with Crippen LogP contribution in [0.2, 0.25) is 0 Å². The molecule has 0 radical (unpaired) electrons. The van der Waals surface area contributed by atoms with Gasteiger partial charge in [-0.15, -0.1) is 5.10 Å². The molecule has 0 bridgehead atoms. The SMILES string of the molecule is CCc1nnc(NC(C)c2ncn[nH]2)c(C#N)c1CC. The van der Waals surface area contributed by atoms with Crippen molar-refractivity contribution in [2.75, 3.05) is 5.32 Å². The van der Waals surface area contributed by atoms with Gasteiger partial charge in [-0.05, 0) is 25.3 Å². The van der Waals surface area contributed by atoms with E-state index in [2.05, 4.69) is 36.8 Å². The molecule has 7 nitrogen and oxygen atoms in total. The Morgan fingerprint density at radius 1 is 1.35 bits per heavy atom. The Kier molecular flexibility index (Phi) is 4.25. The molecule has 2 N–H and O–H groups in total. The standard InChI is InChI=1S/C13H17N7/c1-4-9-10(6-14)13(20-18-11(9)5-2)17-8(3)12-15-7-16-19-12/h7-8H,4-5H2,1-3H3,(H,17,20)(H,15,16,19). The molecule has 0 aliphatic carbocycles. The molecule has 2 heterocycles. The first-order valence-electron chi connectivity index (χ1n) is 6.61. The van der Waals surface area contributed by atoms with Crippen LogP contribution in [0, 0.1) is 11.3 Å². The van der Waals surface area contributed by atoms with E-state index in [-0.39, 0.29) is 6.04 Å². The van der Waals surface area contributed by atoms with Crippen molar-refractivity contribution >= 4 is 5.82 Å². The maximum absolute atomic E-state index is 9.40. The summed E-state index contributed by atoms with van der Waals surface area (Å²) >= 11 is 0. The lowest BCUT2D eigenvalue weighted by Crippen LogP contribution is -2.14. The summed E-state index contributed by atoms with van der Waals surface area (Å²) in [6.07, 6.45) is 2.97. The first kappa shape index (κ1) is 13.9. The van der Waals surface area contributed by atoms with Crippen molar-refractivity contribution in [1.29, 1.82) is 5.26 Å². The summed E-state index contributed by atoms with van der Waals surface area (Å²) in [6.45, 7) is 5.94. The highest BCUT2D eigenvalue weighted by atomic mass is 15.2. The van der Waals surface area contributed by atoms with Crippen molar-refractivity contribution in [3.05, 3.63) is 29.0 Å². The first-order valence-corrected chi connectivity index (χ1v) is 6.61. The van der Waals surface area contributed by atoms with Gasteiger partial charge in [-0.25, -0.2) is 4.98 Å². The van der Waals surface area contributed by atoms with Gasteiger partial charge in [0.2, 0.25) is 0 Å². The molecule has 1 unspecified atom stereocenters. The van der Waals surface area contributed by atoms with Crippen LogP contribution in [0.1, 0.15) is 49.5 Å². The number of aryl methyl sites for hydroxylation is 1. The molecule has 0 saturated heterocycles. The summed E-state index contributed by atoms with van der Waals surface area (Å²) < 4.78 is 0. The van der Waals surface area contributed by atoms with Crippen molar-refractivity contribution in [3.8, 4) is 6.07 Å². The number of anilines is 1. The normalized spacial score (nSPS) is 11.9.